The van der Waals surface area contributed by atoms with Crippen molar-refractivity contribution in [3.63, 3.8) is 0 Å². The van der Waals surface area contributed by atoms with Crippen molar-refractivity contribution in [2.24, 2.45) is 0 Å². The van der Waals surface area contributed by atoms with Crippen LogP contribution in [0.4, 0.5) is 5.69 Å². The molecule has 2 aromatic carbocycles. The molecule has 0 bridgehead atoms. The topological polar surface area (TPSA) is 82.0 Å². The zero-order chi connectivity index (χ0) is 21.7. The van der Waals surface area contributed by atoms with Gasteiger partial charge in [-0.2, -0.15) is 5.26 Å². The minimum Gasteiger partial charge on any atom is -0.325 e. The van der Waals surface area contributed by atoms with E-state index in [-0.39, 0.29) is 29.9 Å². The number of carbonyl (C=O) groups is 2. The molecule has 7 heteroatoms. The Hall–Kier alpha value is -2.56. The first-order valence-electron chi connectivity index (χ1n) is 9.59. The molecule has 1 aliphatic heterocycles. The van der Waals surface area contributed by atoms with Gasteiger partial charge in [-0.05, 0) is 41.3 Å². The predicted molar refractivity (Wildman–Crippen MR) is 124 cm³/mol. The predicted octanol–water partition coefficient (Wildman–Crippen LogP) is 5.28. The molecule has 0 fully saturated rings. The van der Waals surface area contributed by atoms with Crippen molar-refractivity contribution in [2.45, 2.75) is 32.1 Å². The minimum atomic E-state index is -0.304. The number of rotatable bonds is 6. The van der Waals surface area contributed by atoms with Gasteiger partial charge in [0.2, 0.25) is 11.8 Å². The molecule has 0 spiro atoms. The number of nitriles is 1. The van der Waals surface area contributed by atoms with E-state index in [0.29, 0.717) is 22.2 Å². The van der Waals surface area contributed by atoms with E-state index in [0.717, 1.165) is 10.0 Å². The fourth-order valence-electron chi connectivity index (χ4n) is 3.20. The highest BCUT2D eigenvalue weighted by atomic mass is 79.9. The second-order valence-electron chi connectivity index (χ2n) is 7.32. The molecule has 0 saturated carbocycles. The van der Waals surface area contributed by atoms with Gasteiger partial charge in [0, 0.05) is 22.5 Å². The molecule has 1 heterocycles. The Labute approximate surface area is 189 Å². The molecule has 0 radical (unpaired) electrons. The number of thioether (sulfide) groups is 1. The van der Waals surface area contributed by atoms with Gasteiger partial charge in [0.15, 0.2) is 0 Å². The van der Waals surface area contributed by atoms with Crippen LogP contribution in [0.5, 0.6) is 0 Å². The zero-order valence-corrected chi connectivity index (χ0v) is 19.1. The molecule has 1 atom stereocenters. The summed E-state index contributed by atoms with van der Waals surface area (Å²) in [5.41, 5.74) is 3.33. The molecule has 5 nitrogen and oxygen atoms in total. The summed E-state index contributed by atoms with van der Waals surface area (Å²) in [5, 5.41) is 15.8. The highest BCUT2D eigenvalue weighted by molar-refractivity contribution is 9.10. The number of halogens is 1. The zero-order valence-electron chi connectivity index (χ0n) is 16.7. The molecule has 2 amide bonds. The normalized spacial score (nSPS) is 16.2. The van der Waals surface area contributed by atoms with Gasteiger partial charge in [0.1, 0.15) is 0 Å². The molecule has 0 saturated heterocycles. The maximum Gasteiger partial charge on any atom is 0.234 e. The van der Waals surface area contributed by atoms with Gasteiger partial charge in [-0.1, -0.05) is 65.8 Å². The van der Waals surface area contributed by atoms with Crippen molar-refractivity contribution in [1.29, 1.82) is 5.26 Å². The fourth-order valence-corrected chi connectivity index (χ4v) is 4.34. The average molecular weight is 484 g/mol. The number of benzene rings is 2. The lowest BCUT2D eigenvalue weighted by Gasteiger charge is -2.25. The quantitative estimate of drug-likeness (QED) is 0.585. The van der Waals surface area contributed by atoms with Crippen LogP contribution in [0.15, 0.2) is 63.6 Å². The van der Waals surface area contributed by atoms with E-state index >= 15 is 0 Å². The summed E-state index contributed by atoms with van der Waals surface area (Å²) in [7, 11) is 0. The van der Waals surface area contributed by atoms with E-state index in [1.54, 1.807) is 12.1 Å². The summed E-state index contributed by atoms with van der Waals surface area (Å²) in [6.07, 6.45) is 0.221. The number of amides is 2. The maximum atomic E-state index is 12.3. The van der Waals surface area contributed by atoms with Crippen LogP contribution in [0.25, 0.3) is 0 Å². The molecule has 154 valence electrons. The summed E-state index contributed by atoms with van der Waals surface area (Å²) in [5.74, 6) is -0.153. The van der Waals surface area contributed by atoms with E-state index in [4.69, 9.17) is 0 Å². The van der Waals surface area contributed by atoms with Crippen LogP contribution in [0.1, 0.15) is 43.2 Å². The van der Waals surface area contributed by atoms with Gasteiger partial charge in [-0.25, -0.2) is 0 Å². The van der Waals surface area contributed by atoms with Crippen LogP contribution in [0, 0.1) is 11.3 Å². The van der Waals surface area contributed by atoms with Crippen molar-refractivity contribution in [3.8, 4) is 6.07 Å². The standard InChI is InChI=1S/C23H22BrN3O2S/c1-14(2)15-3-5-16(6-4-15)19-11-21(28)27-23(20(19)12-25)30-13-22(29)26-18-9-7-17(24)8-10-18/h3-10,14,19H,11,13H2,1-2H3,(H,26,29)(H,27,28)/t19-/m1/s1. The van der Waals surface area contributed by atoms with Crippen LogP contribution in [0.3, 0.4) is 0 Å². The first kappa shape index (κ1) is 22.1. The lowest BCUT2D eigenvalue weighted by molar-refractivity contribution is -0.121. The minimum absolute atomic E-state index is 0.0931. The Bertz CT molecular complexity index is 1010. The Morgan fingerprint density at radius 1 is 1.23 bits per heavy atom. The van der Waals surface area contributed by atoms with Gasteiger partial charge in [-0.15, -0.1) is 0 Å². The number of anilines is 1. The third-order valence-electron chi connectivity index (χ3n) is 4.84. The van der Waals surface area contributed by atoms with Crippen LogP contribution < -0.4 is 10.6 Å². The van der Waals surface area contributed by atoms with Crippen molar-refractivity contribution < 1.29 is 9.59 Å². The largest absolute Gasteiger partial charge is 0.325 e. The van der Waals surface area contributed by atoms with Crippen molar-refractivity contribution in [1.82, 2.24) is 5.32 Å². The highest BCUT2D eigenvalue weighted by Gasteiger charge is 2.29. The second kappa shape index (κ2) is 9.96. The number of hydrogen-bond donors (Lipinski definition) is 2. The van der Waals surface area contributed by atoms with Gasteiger partial charge >= 0.3 is 0 Å². The molecule has 30 heavy (non-hydrogen) atoms. The third kappa shape index (κ3) is 5.53. The molecule has 2 N–H and O–H groups in total. The van der Waals surface area contributed by atoms with Crippen LogP contribution in [-0.4, -0.2) is 17.6 Å². The van der Waals surface area contributed by atoms with E-state index in [1.807, 2.05) is 36.4 Å². The van der Waals surface area contributed by atoms with E-state index in [1.165, 1.54) is 17.3 Å². The third-order valence-corrected chi connectivity index (χ3v) is 6.38. The number of nitrogens with zero attached hydrogens (tertiary/aromatic N) is 1. The van der Waals surface area contributed by atoms with Gasteiger partial charge in [0.25, 0.3) is 0 Å². The van der Waals surface area contributed by atoms with Crippen molar-refractivity contribution >= 4 is 45.2 Å². The molecular formula is C23H22BrN3O2S. The molecule has 0 aliphatic carbocycles. The summed E-state index contributed by atoms with van der Waals surface area (Å²) in [6.45, 7) is 4.25. The molecule has 3 rings (SSSR count). The van der Waals surface area contributed by atoms with Gasteiger partial charge in [-0.3, -0.25) is 9.59 Å². The smallest absolute Gasteiger partial charge is 0.234 e. The van der Waals surface area contributed by atoms with E-state index in [9.17, 15) is 14.9 Å². The average Bonchev–Trinajstić information content (AvgIpc) is 2.73. The Morgan fingerprint density at radius 3 is 2.50 bits per heavy atom. The second-order valence-corrected chi connectivity index (χ2v) is 9.23. The Balaban J connectivity index is 1.74. The van der Waals surface area contributed by atoms with E-state index < -0.39 is 0 Å². The molecule has 1 aliphatic rings. The highest BCUT2D eigenvalue weighted by Crippen LogP contribution is 2.36. The van der Waals surface area contributed by atoms with Crippen LogP contribution >= 0.6 is 27.7 Å². The summed E-state index contributed by atoms with van der Waals surface area (Å²) in [6, 6.07) is 17.6. The molecule has 2 aromatic rings. The number of hydrogen-bond acceptors (Lipinski definition) is 4. The maximum absolute atomic E-state index is 12.3. The lowest BCUT2D eigenvalue weighted by Crippen LogP contribution is -2.31. The van der Waals surface area contributed by atoms with E-state index in [2.05, 4.69) is 46.5 Å². The summed E-state index contributed by atoms with van der Waals surface area (Å²) < 4.78 is 0.927. The Kier molecular flexibility index (Phi) is 7.35. The Morgan fingerprint density at radius 2 is 1.90 bits per heavy atom. The molecular weight excluding hydrogens is 462 g/mol. The van der Waals surface area contributed by atoms with Crippen LogP contribution in [0.2, 0.25) is 0 Å². The monoisotopic (exact) mass is 483 g/mol. The van der Waals surface area contributed by atoms with Gasteiger partial charge < -0.3 is 10.6 Å². The number of allylic oxidation sites excluding steroid dienone is 1. The molecule has 0 unspecified atom stereocenters. The van der Waals surface area contributed by atoms with Crippen LogP contribution in [-0.2, 0) is 9.59 Å². The first-order chi connectivity index (χ1) is 14.4. The van der Waals surface area contributed by atoms with Crippen molar-refractivity contribution in [3.05, 3.63) is 74.7 Å². The summed E-state index contributed by atoms with van der Waals surface area (Å²) in [4.78, 5) is 24.6. The van der Waals surface area contributed by atoms with Gasteiger partial charge in [0.05, 0.1) is 22.4 Å². The number of carbonyl (C=O) groups excluding carboxylic acids is 2. The summed E-state index contributed by atoms with van der Waals surface area (Å²) >= 11 is 4.53. The van der Waals surface area contributed by atoms with Crippen molar-refractivity contribution in [2.75, 3.05) is 11.1 Å². The lowest BCUT2D eigenvalue weighted by atomic mass is 9.86. The number of nitrogens with one attached hydrogen (secondary N) is 2. The molecule has 0 aromatic heterocycles. The SMILES string of the molecule is CC(C)c1ccc([C@H]2CC(=O)NC(SCC(=O)Nc3ccc(Br)cc3)=C2C#N)cc1. The first-order valence-corrected chi connectivity index (χ1v) is 11.4. The fraction of sp³-hybridized carbons (Fsp3) is 0.261.